The minimum absolute atomic E-state index is 0.435. The van der Waals surface area contributed by atoms with Crippen molar-refractivity contribution in [2.24, 2.45) is 0 Å². The molecule has 0 spiro atoms. The molecule has 0 saturated carbocycles. The molecule has 2 aromatic rings. The van der Waals surface area contributed by atoms with Crippen LogP contribution in [0.3, 0.4) is 0 Å². The number of halogens is 1. The van der Waals surface area contributed by atoms with Crippen LogP contribution in [-0.4, -0.2) is 35.3 Å². The second-order valence-corrected chi connectivity index (χ2v) is 5.48. The van der Waals surface area contributed by atoms with Crippen molar-refractivity contribution < 1.29 is 0 Å². The maximum atomic E-state index is 7.55. The minimum Gasteiger partial charge on any atom is -0.385 e. The standard InChI is InChI=1S/C14H14BrN5/c15-11-2-1-3-12-14(11)20-13(8-19-12)9(4-16)5-18-10-6-17-7-10/h1-5,8,10,16-18H,6-7H2/b9-5+,16-4?. The Morgan fingerprint density at radius 3 is 3.00 bits per heavy atom. The fourth-order valence-electron chi connectivity index (χ4n) is 1.94. The fourth-order valence-corrected chi connectivity index (χ4v) is 2.39. The Morgan fingerprint density at radius 2 is 2.30 bits per heavy atom. The van der Waals surface area contributed by atoms with E-state index in [1.54, 1.807) is 6.20 Å². The van der Waals surface area contributed by atoms with Crippen molar-refractivity contribution in [1.29, 1.82) is 5.41 Å². The molecule has 1 saturated heterocycles. The lowest BCUT2D eigenvalue weighted by Crippen LogP contribution is -2.53. The quantitative estimate of drug-likeness (QED) is 0.748. The molecule has 0 atom stereocenters. The van der Waals surface area contributed by atoms with E-state index >= 15 is 0 Å². The van der Waals surface area contributed by atoms with Gasteiger partial charge in [0.25, 0.3) is 0 Å². The molecule has 20 heavy (non-hydrogen) atoms. The van der Waals surface area contributed by atoms with E-state index < -0.39 is 0 Å². The number of hydrogen-bond donors (Lipinski definition) is 3. The maximum Gasteiger partial charge on any atom is 0.104 e. The third kappa shape index (κ3) is 2.57. The smallest absolute Gasteiger partial charge is 0.104 e. The van der Waals surface area contributed by atoms with Crippen molar-refractivity contribution in [2.75, 3.05) is 13.1 Å². The van der Waals surface area contributed by atoms with Crippen molar-refractivity contribution in [3.05, 3.63) is 40.8 Å². The minimum atomic E-state index is 0.435. The zero-order valence-electron chi connectivity index (χ0n) is 10.7. The first kappa shape index (κ1) is 13.2. The maximum absolute atomic E-state index is 7.55. The predicted molar refractivity (Wildman–Crippen MR) is 83.8 cm³/mol. The molecule has 2 heterocycles. The van der Waals surface area contributed by atoms with Gasteiger partial charge in [-0.3, -0.25) is 4.98 Å². The number of rotatable bonds is 4. The molecule has 3 rings (SSSR count). The molecular formula is C14H14BrN5. The average Bonchev–Trinajstić information content (AvgIpc) is 2.42. The third-order valence-corrected chi connectivity index (χ3v) is 3.87. The highest BCUT2D eigenvalue weighted by Crippen LogP contribution is 2.21. The van der Waals surface area contributed by atoms with Gasteiger partial charge in [-0.05, 0) is 28.1 Å². The van der Waals surface area contributed by atoms with Crippen LogP contribution >= 0.6 is 15.9 Å². The molecule has 102 valence electrons. The Bertz CT molecular complexity index is 678. The van der Waals surface area contributed by atoms with Gasteiger partial charge in [0.15, 0.2) is 0 Å². The van der Waals surface area contributed by atoms with Crippen LogP contribution in [0, 0.1) is 5.41 Å². The average molecular weight is 332 g/mol. The topological polar surface area (TPSA) is 73.7 Å². The molecule has 1 aromatic heterocycles. The van der Waals surface area contributed by atoms with E-state index in [-0.39, 0.29) is 0 Å². The number of benzene rings is 1. The van der Waals surface area contributed by atoms with Gasteiger partial charge in [-0.1, -0.05) is 6.07 Å². The van der Waals surface area contributed by atoms with E-state index in [0.29, 0.717) is 11.7 Å². The summed E-state index contributed by atoms with van der Waals surface area (Å²) in [5.74, 6) is 0. The number of fused-ring (bicyclic) bond motifs is 1. The van der Waals surface area contributed by atoms with Crippen molar-refractivity contribution in [1.82, 2.24) is 20.6 Å². The lowest BCUT2D eigenvalue weighted by Gasteiger charge is -2.27. The van der Waals surface area contributed by atoms with E-state index in [2.05, 4.69) is 36.5 Å². The Labute approximate surface area is 125 Å². The van der Waals surface area contributed by atoms with Crippen LogP contribution in [0.15, 0.2) is 35.1 Å². The highest BCUT2D eigenvalue weighted by molar-refractivity contribution is 9.10. The predicted octanol–water partition coefficient (Wildman–Crippen LogP) is 1.94. The summed E-state index contributed by atoms with van der Waals surface area (Å²) in [6.45, 7) is 1.91. The second-order valence-electron chi connectivity index (χ2n) is 4.63. The first-order valence-electron chi connectivity index (χ1n) is 6.37. The Balaban J connectivity index is 1.94. The van der Waals surface area contributed by atoms with Crippen LogP contribution in [0.4, 0.5) is 0 Å². The normalized spacial score (nSPS) is 15.9. The molecule has 0 radical (unpaired) electrons. The molecule has 1 aromatic carbocycles. The number of aromatic nitrogens is 2. The molecule has 0 bridgehead atoms. The molecule has 0 aliphatic carbocycles. The first-order chi connectivity index (χ1) is 9.78. The molecule has 5 nitrogen and oxygen atoms in total. The van der Waals surface area contributed by atoms with Crippen molar-refractivity contribution in [3.8, 4) is 0 Å². The number of para-hydroxylation sites is 1. The Hall–Kier alpha value is -1.79. The summed E-state index contributed by atoms with van der Waals surface area (Å²) >= 11 is 3.48. The monoisotopic (exact) mass is 331 g/mol. The van der Waals surface area contributed by atoms with Gasteiger partial charge in [0.05, 0.1) is 23.4 Å². The van der Waals surface area contributed by atoms with Crippen LogP contribution in [0.5, 0.6) is 0 Å². The van der Waals surface area contributed by atoms with Crippen molar-refractivity contribution in [3.63, 3.8) is 0 Å². The second kappa shape index (κ2) is 5.68. The number of allylic oxidation sites excluding steroid dienone is 1. The van der Waals surface area contributed by atoms with Gasteiger partial charge in [-0.25, -0.2) is 4.98 Å². The largest absolute Gasteiger partial charge is 0.385 e. The molecule has 1 aliphatic heterocycles. The summed E-state index contributed by atoms with van der Waals surface area (Å²) in [6, 6.07) is 6.22. The zero-order chi connectivity index (χ0) is 13.9. The van der Waals surface area contributed by atoms with Gasteiger partial charge in [0, 0.05) is 35.5 Å². The summed E-state index contributed by atoms with van der Waals surface area (Å²) in [5, 5.41) is 14.0. The number of nitrogens with zero attached hydrogens (tertiary/aromatic N) is 2. The molecule has 1 aliphatic rings. The number of hydrogen-bond acceptors (Lipinski definition) is 5. The molecule has 0 unspecified atom stereocenters. The number of nitrogens with one attached hydrogen (secondary N) is 3. The van der Waals surface area contributed by atoms with Gasteiger partial charge in [0.2, 0.25) is 0 Å². The van der Waals surface area contributed by atoms with E-state index in [9.17, 15) is 0 Å². The summed E-state index contributed by atoms with van der Waals surface area (Å²) < 4.78 is 0.907. The first-order valence-corrected chi connectivity index (χ1v) is 7.16. The SMILES string of the molecule is N=C/C(=C\NC1CNC1)c1cnc2cccc(Br)c2n1. The molecule has 3 N–H and O–H groups in total. The third-order valence-electron chi connectivity index (χ3n) is 3.23. The van der Waals surface area contributed by atoms with Crippen LogP contribution in [0.2, 0.25) is 0 Å². The summed E-state index contributed by atoms with van der Waals surface area (Å²) in [5.41, 5.74) is 3.06. The van der Waals surface area contributed by atoms with E-state index in [4.69, 9.17) is 5.41 Å². The van der Waals surface area contributed by atoms with Crippen LogP contribution in [0.1, 0.15) is 5.69 Å². The molecule has 1 fully saturated rings. The Kier molecular flexibility index (Phi) is 3.75. The highest BCUT2D eigenvalue weighted by Gasteiger charge is 2.14. The Morgan fingerprint density at radius 1 is 1.45 bits per heavy atom. The summed E-state index contributed by atoms with van der Waals surface area (Å²) in [7, 11) is 0. The van der Waals surface area contributed by atoms with Crippen LogP contribution in [-0.2, 0) is 0 Å². The zero-order valence-corrected chi connectivity index (χ0v) is 12.3. The summed E-state index contributed by atoms with van der Waals surface area (Å²) in [4.78, 5) is 8.98. The fraction of sp³-hybridized carbons (Fsp3) is 0.214. The van der Waals surface area contributed by atoms with Gasteiger partial charge in [-0.15, -0.1) is 0 Å². The van der Waals surface area contributed by atoms with Gasteiger partial charge in [-0.2, -0.15) is 0 Å². The van der Waals surface area contributed by atoms with E-state index in [1.165, 1.54) is 6.21 Å². The van der Waals surface area contributed by atoms with Crippen molar-refractivity contribution in [2.45, 2.75) is 6.04 Å². The van der Waals surface area contributed by atoms with Crippen LogP contribution in [0.25, 0.3) is 16.6 Å². The lowest BCUT2D eigenvalue weighted by atomic mass is 10.1. The van der Waals surface area contributed by atoms with Gasteiger partial charge in [0.1, 0.15) is 5.52 Å². The van der Waals surface area contributed by atoms with Crippen LogP contribution < -0.4 is 10.6 Å². The van der Waals surface area contributed by atoms with Gasteiger partial charge < -0.3 is 16.0 Å². The van der Waals surface area contributed by atoms with Gasteiger partial charge >= 0.3 is 0 Å². The van der Waals surface area contributed by atoms with E-state index in [1.807, 2.05) is 24.4 Å². The molecular weight excluding hydrogens is 318 g/mol. The lowest BCUT2D eigenvalue weighted by molar-refractivity contribution is 0.402. The van der Waals surface area contributed by atoms with Crippen molar-refractivity contribution >= 4 is 38.8 Å². The highest BCUT2D eigenvalue weighted by atomic mass is 79.9. The molecule has 6 heteroatoms. The molecule has 0 amide bonds. The summed E-state index contributed by atoms with van der Waals surface area (Å²) in [6.07, 6.45) is 4.84. The van der Waals surface area contributed by atoms with E-state index in [0.717, 1.165) is 34.2 Å².